The third-order valence-corrected chi connectivity index (χ3v) is 6.05. The number of carbonyl (C=O) groups is 2. The molecule has 27 heavy (non-hydrogen) atoms. The molecule has 0 bridgehead atoms. The Hall–Kier alpha value is -2.48. The number of nitrogens with one attached hydrogen (secondary N) is 1. The molecule has 3 aliphatic rings. The van der Waals surface area contributed by atoms with Gasteiger partial charge in [-0.1, -0.05) is 0 Å². The molecular formula is C19H26N4O4. The molecule has 0 aromatic heterocycles. The van der Waals surface area contributed by atoms with Gasteiger partial charge in [0, 0.05) is 56.9 Å². The van der Waals surface area contributed by atoms with Crippen molar-refractivity contribution in [3.63, 3.8) is 0 Å². The summed E-state index contributed by atoms with van der Waals surface area (Å²) in [7, 11) is 3.96. The van der Waals surface area contributed by atoms with E-state index in [0.717, 1.165) is 25.9 Å². The zero-order valence-corrected chi connectivity index (χ0v) is 15.9. The lowest BCUT2D eigenvalue weighted by Crippen LogP contribution is -2.62. The van der Waals surface area contributed by atoms with Gasteiger partial charge in [-0.3, -0.25) is 9.69 Å². The number of anilines is 1. The Bertz CT molecular complexity index is 755. The molecule has 0 aliphatic carbocycles. The molecule has 3 aliphatic heterocycles. The second-order valence-electron chi connectivity index (χ2n) is 7.63. The highest BCUT2D eigenvalue weighted by Crippen LogP contribution is 2.35. The Balaban J connectivity index is 1.45. The summed E-state index contributed by atoms with van der Waals surface area (Å²) in [6.45, 7) is 3.02. The highest BCUT2D eigenvalue weighted by atomic mass is 16.7. The summed E-state index contributed by atoms with van der Waals surface area (Å²) in [4.78, 5) is 30.9. The van der Waals surface area contributed by atoms with Crippen molar-refractivity contribution in [2.45, 2.75) is 24.8 Å². The maximum absolute atomic E-state index is 12.9. The molecule has 3 heterocycles. The Morgan fingerprint density at radius 3 is 2.78 bits per heavy atom. The number of carbonyl (C=O) groups excluding carboxylic acids is 2. The van der Waals surface area contributed by atoms with Crippen molar-refractivity contribution in [2.75, 3.05) is 52.4 Å². The van der Waals surface area contributed by atoms with Crippen LogP contribution in [-0.4, -0.2) is 79.2 Å². The topological polar surface area (TPSA) is 74.4 Å². The molecule has 0 saturated carbocycles. The van der Waals surface area contributed by atoms with Crippen molar-refractivity contribution < 1.29 is 19.1 Å². The zero-order valence-electron chi connectivity index (χ0n) is 15.9. The number of fused-ring (bicyclic) bond motifs is 1. The van der Waals surface area contributed by atoms with Gasteiger partial charge in [0.25, 0.3) is 0 Å². The van der Waals surface area contributed by atoms with Crippen LogP contribution in [0.25, 0.3) is 0 Å². The first-order valence-corrected chi connectivity index (χ1v) is 9.38. The molecule has 1 spiro atoms. The van der Waals surface area contributed by atoms with Gasteiger partial charge in [-0.15, -0.1) is 0 Å². The number of amides is 3. The highest BCUT2D eigenvalue weighted by molar-refractivity contribution is 5.90. The van der Waals surface area contributed by atoms with Gasteiger partial charge in [-0.25, -0.2) is 4.79 Å². The van der Waals surface area contributed by atoms with Crippen LogP contribution in [0.15, 0.2) is 18.2 Å². The van der Waals surface area contributed by atoms with Gasteiger partial charge < -0.3 is 24.6 Å². The summed E-state index contributed by atoms with van der Waals surface area (Å²) in [5, 5.41) is 2.97. The number of rotatable bonds is 1. The van der Waals surface area contributed by atoms with E-state index in [1.165, 1.54) is 0 Å². The van der Waals surface area contributed by atoms with Gasteiger partial charge in [0.05, 0.1) is 0 Å². The average molecular weight is 374 g/mol. The van der Waals surface area contributed by atoms with Gasteiger partial charge in [0.1, 0.15) is 0 Å². The van der Waals surface area contributed by atoms with E-state index in [9.17, 15) is 9.59 Å². The third kappa shape index (κ3) is 3.41. The van der Waals surface area contributed by atoms with Crippen molar-refractivity contribution in [1.29, 1.82) is 0 Å². The van der Waals surface area contributed by atoms with Crippen LogP contribution in [0.2, 0.25) is 0 Å². The normalized spacial score (nSPS) is 25.6. The Kier molecular flexibility index (Phi) is 4.59. The van der Waals surface area contributed by atoms with Crippen LogP contribution >= 0.6 is 0 Å². The molecule has 1 N–H and O–H groups in total. The number of piperazine rings is 1. The smallest absolute Gasteiger partial charge is 0.321 e. The van der Waals surface area contributed by atoms with Crippen molar-refractivity contribution in [1.82, 2.24) is 14.7 Å². The Morgan fingerprint density at radius 1 is 1.11 bits per heavy atom. The largest absolute Gasteiger partial charge is 0.454 e. The first kappa shape index (κ1) is 17.9. The maximum Gasteiger partial charge on any atom is 0.321 e. The molecule has 1 aromatic rings. The summed E-state index contributed by atoms with van der Waals surface area (Å²) >= 11 is 0. The average Bonchev–Trinajstić information content (AvgIpc) is 3.08. The van der Waals surface area contributed by atoms with E-state index in [-0.39, 0.29) is 24.3 Å². The predicted octanol–water partition coefficient (Wildman–Crippen LogP) is 1.58. The maximum atomic E-state index is 12.9. The van der Waals surface area contributed by atoms with E-state index in [4.69, 9.17) is 9.47 Å². The zero-order chi connectivity index (χ0) is 19.0. The van der Waals surface area contributed by atoms with Crippen LogP contribution in [0.4, 0.5) is 10.5 Å². The van der Waals surface area contributed by atoms with E-state index >= 15 is 0 Å². The van der Waals surface area contributed by atoms with Crippen molar-refractivity contribution >= 4 is 17.6 Å². The summed E-state index contributed by atoms with van der Waals surface area (Å²) in [6.07, 6.45) is 2.18. The minimum atomic E-state index is -0.148. The number of urea groups is 1. The Morgan fingerprint density at radius 2 is 1.93 bits per heavy atom. The van der Waals surface area contributed by atoms with Gasteiger partial charge >= 0.3 is 6.03 Å². The van der Waals surface area contributed by atoms with E-state index < -0.39 is 0 Å². The highest BCUT2D eigenvalue weighted by Gasteiger charge is 2.43. The monoisotopic (exact) mass is 374 g/mol. The lowest BCUT2D eigenvalue weighted by molar-refractivity contribution is -0.129. The van der Waals surface area contributed by atoms with Crippen molar-refractivity contribution in [2.24, 2.45) is 0 Å². The number of ether oxygens (including phenoxy) is 2. The second-order valence-corrected chi connectivity index (χ2v) is 7.63. The summed E-state index contributed by atoms with van der Waals surface area (Å²) in [5.41, 5.74) is 0.540. The summed E-state index contributed by atoms with van der Waals surface area (Å²) in [6, 6.07) is 5.28. The van der Waals surface area contributed by atoms with Crippen LogP contribution in [0.1, 0.15) is 19.3 Å². The van der Waals surface area contributed by atoms with E-state index in [0.29, 0.717) is 36.7 Å². The fourth-order valence-electron chi connectivity index (χ4n) is 4.11. The van der Waals surface area contributed by atoms with Crippen molar-refractivity contribution in [3.8, 4) is 11.5 Å². The predicted molar refractivity (Wildman–Crippen MR) is 100 cm³/mol. The van der Waals surface area contributed by atoms with Crippen LogP contribution in [-0.2, 0) is 4.79 Å². The number of likely N-dealkylation sites (tertiary alicyclic amines) is 1. The SMILES string of the molecule is CN1CCC2(CCC1=O)CN(C(=O)Nc1ccc3c(c1)OCO3)CCN2C. The standard InChI is InChI=1S/C19H26N4O4/c1-21-8-7-19(6-5-17(21)24)12-23(10-9-22(19)2)18(25)20-14-3-4-15-16(11-14)27-13-26-15/h3-4,11H,5-10,12-13H2,1-2H3,(H,20,25). The molecule has 2 fully saturated rings. The molecule has 8 heteroatoms. The molecule has 1 atom stereocenters. The number of benzene rings is 1. The fraction of sp³-hybridized carbons (Fsp3) is 0.579. The number of nitrogens with zero attached hydrogens (tertiary/aromatic N) is 3. The number of likely N-dealkylation sites (N-methyl/N-ethyl adjacent to an activating group) is 1. The third-order valence-electron chi connectivity index (χ3n) is 6.05. The molecule has 146 valence electrons. The van der Waals surface area contributed by atoms with Gasteiger partial charge in [0.15, 0.2) is 11.5 Å². The lowest BCUT2D eigenvalue weighted by atomic mass is 9.86. The summed E-state index contributed by atoms with van der Waals surface area (Å²) < 4.78 is 10.7. The Labute approximate surface area is 159 Å². The molecule has 4 rings (SSSR count). The second kappa shape index (κ2) is 6.92. The van der Waals surface area contributed by atoms with Gasteiger partial charge in [-0.2, -0.15) is 0 Å². The van der Waals surface area contributed by atoms with Gasteiger partial charge in [-0.05, 0) is 32.0 Å². The molecule has 2 saturated heterocycles. The van der Waals surface area contributed by atoms with Crippen LogP contribution in [0.5, 0.6) is 11.5 Å². The van der Waals surface area contributed by atoms with E-state index in [2.05, 4.69) is 17.3 Å². The van der Waals surface area contributed by atoms with Crippen molar-refractivity contribution in [3.05, 3.63) is 18.2 Å². The van der Waals surface area contributed by atoms with Gasteiger partial charge in [0.2, 0.25) is 12.7 Å². The molecule has 1 unspecified atom stereocenters. The first-order valence-electron chi connectivity index (χ1n) is 9.38. The molecule has 0 radical (unpaired) electrons. The fourth-order valence-corrected chi connectivity index (χ4v) is 4.11. The minimum Gasteiger partial charge on any atom is -0.454 e. The quantitative estimate of drug-likeness (QED) is 0.808. The van der Waals surface area contributed by atoms with Crippen LogP contribution < -0.4 is 14.8 Å². The lowest BCUT2D eigenvalue weighted by Gasteiger charge is -2.49. The first-order chi connectivity index (χ1) is 13.0. The van der Waals surface area contributed by atoms with E-state index in [1.807, 2.05) is 18.0 Å². The molecular weight excluding hydrogens is 348 g/mol. The summed E-state index contributed by atoms with van der Waals surface area (Å²) in [5.74, 6) is 1.52. The number of hydrogen-bond acceptors (Lipinski definition) is 5. The molecule has 3 amide bonds. The van der Waals surface area contributed by atoms with E-state index in [1.54, 1.807) is 17.0 Å². The number of hydrogen-bond donors (Lipinski definition) is 1. The minimum absolute atomic E-state index is 0.120. The van der Waals surface area contributed by atoms with Crippen LogP contribution in [0, 0.1) is 0 Å². The molecule has 1 aromatic carbocycles. The van der Waals surface area contributed by atoms with Crippen LogP contribution in [0.3, 0.4) is 0 Å². The molecule has 8 nitrogen and oxygen atoms in total.